The Morgan fingerprint density at radius 2 is 2.00 bits per heavy atom. The van der Waals surface area contributed by atoms with Gasteiger partial charge < -0.3 is 8.98 Å². The molecular formula is C19H16N2O3. The maximum absolute atomic E-state index is 12.3. The molecule has 5 heteroatoms. The summed E-state index contributed by atoms with van der Waals surface area (Å²) in [6.45, 7) is 3.53. The number of benzene rings is 1. The highest BCUT2D eigenvalue weighted by molar-refractivity contribution is 5.91. The van der Waals surface area contributed by atoms with Crippen molar-refractivity contribution < 1.29 is 9.21 Å². The van der Waals surface area contributed by atoms with Crippen LogP contribution in [0.4, 0.5) is 0 Å². The van der Waals surface area contributed by atoms with Crippen molar-refractivity contribution in [1.82, 2.24) is 9.55 Å². The third kappa shape index (κ3) is 3.57. The van der Waals surface area contributed by atoms with Crippen molar-refractivity contribution in [2.45, 2.75) is 13.0 Å². The zero-order valence-corrected chi connectivity index (χ0v) is 13.0. The average molecular weight is 320 g/mol. The summed E-state index contributed by atoms with van der Waals surface area (Å²) in [7, 11) is 0. The van der Waals surface area contributed by atoms with Gasteiger partial charge in [-0.3, -0.25) is 9.59 Å². The highest BCUT2D eigenvalue weighted by Gasteiger charge is 2.15. The van der Waals surface area contributed by atoms with Crippen molar-refractivity contribution in [2.75, 3.05) is 0 Å². The maximum atomic E-state index is 12.3. The molecule has 0 unspecified atom stereocenters. The summed E-state index contributed by atoms with van der Waals surface area (Å²) in [5.41, 5.74) is 1.58. The van der Waals surface area contributed by atoms with E-state index in [2.05, 4.69) is 11.6 Å². The van der Waals surface area contributed by atoms with Gasteiger partial charge >= 0.3 is 0 Å². The van der Waals surface area contributed by atoms with Crippen molar-refractivity contribution in [3.05, 3.63) is 94.6 Å². The van der Waals surface area contributed by atoms with Crippen molar-refractivity contribution in [3.63, 3.8) is 0 Å². The highest BCUT2D eigenvalue weighted by Crippen LogP contribution is 2.11. The number of pyridine rings is 1. The first-order chi connectivity index (χ1) is 11.7. The van der Waals surface area contributed by atoms with E-state index in [0.29, 0.717) is 12.2 Å². The van der Waals surface area contributed by atoms with Crippen LogP contribution < -0.4 is 5.56 Å². The van der Waals surface area contributed by atoms with Crippen molar-refractivity contribution in [3.8, 4) is 0 Å². The van der Waals surface area contributed by atoms with Gasteiger partial charge in [0.05, 0.1) is 12.7 Å². The van der Waals surface area contributed by atoms with Crippen LogP contribution in [0.25, 0.3) is 6.08 Å². The van der Waals surface area contributed by atoms with E-state index in [0.717, 1.165) is 11.1 Å². The van der Waals surface area contributed by atoms with E-state index in [-0.39, 0.29) is 23.8 Å². The maximum Gasteiger partial charge on any atom is 0.265 e. The Hall–Kier alpha value is -3.21. The first-order valence-electron chi connectivity index (χ1n) is 7.50. The summed E-state index contributed by atoms with van der Waals surface area (Å²) >= 11 is 0. The molecule has 3 rings (SSSR count). The van der Waals surface area contributed by atoms with E-state index < -0.39 is 0 Å². The Morgan fingerprint density at radius 1 is 1.21 bits per heavy atom. The van der Waals surface area contributed by atoms with Crippen LogP contribution in [0.3, 0.4) is 0 Å². The molecule has 2 heterocycles. The van der Waals surface area contributed by atoms with Crippen LogP contribution in [0.15, 0.2) is 70.6 Å². The Bertz CT molecular complexity index is 923. The average Bonchev–Trinajstić information content (AvgIpc) is 3.06. The lowest BCUT2D eigenvalue weighted by Gasteiger charge is -2.04. The van der Waals surface area contributed by atoms with E-state index >= 15 is 0 Å². The predicted molar refractivity (Wildman–Crippen MR) is 90.9 cm³/mol. The van der Waals surface area contributed by atoms with E-state index in [1.54, 1.807) is 24.5 Å². The van der Waals surface area contributed by atoms with Crippen LogP contribution >= 0.6 is 0 Å². The number of carbonyl (C=O) groups is 1. The molecule has 0 fully saturated rings. The van der Waals surface area contributed by atoms with Crippen LogP contribution in [0, 0.1) is 0 Å². The van der Waals surface area contributed by atoms with Crippen molar-refractivity contribution >= 4 is 11.9 Å². The summed E-state index contributed by atoms with van der Waals surface area (Å²) < 4.78 is 6.84. The Morgan fingerprint density at radius 3 is 2.75 bits per heavy atom. The first-order valence-corrected chi connectivity index (χ1v) is 7.50. The number of aromatic nitrogens is 2. The summed E-state index contributed by atoms with van der Waals surface area (Å²) in [5, 5.41) is 0. The van der Waals surface area contributed by atoms with Crippen LogP contribution in [0.1, 0.15) is 27.6 Å². The van der Waals surface area contributed by atoms with Crippen LogP contribution in [-0.2, 0) is 13.0 Å². The fraction of sp³-hybridized carbons (Fsp3) is 0.105. The van der Waals surface area contributed by atoms with Gasteiger partial charge in [0.1, 0.15) is 5.76 Å². The lowest BCUT2D eigenvalue weighted by atomic mass is 10.1. The summed E-state index contributed by atoms with van der Waals surface area (Å²) in [4.78, 5) is 28.1. The minimum Gasteiger partial charge on any atom is -0.439 e. The van der Waals surface area contributed by atoms with Gasteiger partial charge in [0.15, 0.2) is 0 Å². The molecule has 120 valence electrons. The minimum atomic E-state index is -0.349. The SMILES string of the molecule is C=Cc1ccc(=O)n(CC(=O)c2ncc(Cc3ccccc3)o2)c1. The Balaban J connectivity index is 1.74. The van der Waals surface area contributed by atoms with E-state index in [1.807, 2.05) is 30.3 Å². The van der Waals surface area contributed by atoms with Gasteiger partial charge in [-0.25, -0.2) is 4.98 Å². The smallest absolute Gasteiger partial charge is 0.265 e. The van der Waals surface area contributed by atoms with Gasteiger partial charge in [-0.1, -0.05) is 43.0 Å². The van der Waals surface area contributed by atoms with Crippen LogP contribution in [-0.4, -0.2) is 15.3 Å². The third-order valence-electron chi connectivity index (χ3n) is 3.57. The second kappa shape index (κ2) is 6.91. The Kier molecular flexibility index (Phi) is 4.52. The fourth-order valence-electron chi connectivity index (χ4n) is 2.33. The summed E-state index contributed by atoms with van der Waals surface area (Å²) in [5.74, 6) is 0.270. The second-order valence-electron chi connectivity index (χ2n) is 5.35. The molecule has 0 saturated heterocycles. The van der Waals surface area contributed by atoms with Gasteiger partial charge in [-0.2, -0.15) is 0 Å². The van der Waals surface area contributed by atoms with E-state index in [1.165, 1.54) is 10.6 Å². The molecule has 0 aliphatic carbocycles. The molecule has 2 aromatic heterocycles. The van der Waals surface area contributed by atoms with Crippen LogP contribution in [0.5, 0.6) is 0 Å². The quantitative estimate of drug-likeness (QED) is 0.655. The molecule has 0 spiro atoms. The topological polar surface area (TPSA) is 65.1 Å². The number of nitrogens with zero attached hydrogens (tertiary/aromatic N) is 2. The highest BCUT2D eigenvalue weighted by atomic mass is 16.4. The van der Waals surface area contributed by atoms with Crippen molar-refractivity contribution in [2.24, 2.45) is 0 Å². The number of rotatable bonds is 6. The zero-order chi connectivity index (χ0) is 16.9. The number of carbonyl (C=O) groups excluding carboxylic acids is 1. The lowest BCUT2D eigenvalue weighted by molar-refractivity contribution is 0.0935. The third-order valence-corrected chi connectivity index (χ3v) is 3.57. The molecule has 3 aromatic rings. The monoisotopic (exact) mass is 320 g/mol. The van der Waals surface area contributed by atoms with Gasteiger partial charge in [-0.05, 0) is 17.2 Å². The van der Waals surface area contributed by atoms with Gasteiger partial charge in [0.2, 0.25) is 5.78 Å². The van der Waals surface area contributed by atoms with Gasteiger partial charge in [-0.15, -0.1) is 0 Å². The predicted octanol–water partition coefficient (Wildman–Crippen LogP) is 2.95. The number of hydrogen-bond acceptors (Lipinski definition) is 4. The molecule has 5 nitrogen and oxygen atoms in total. The Labute approximate surface area is 138 Å². The van der Waals surface area contributed by atoms with Gasteiger partial charge in [0.25, 0.3) is 11.4 Å². The zero-order valence-electron chi connectivity index (χ0n) is 13.0. The molecule has 0 radical (unpaired) electrons. The standard InChI is InChI=1S/C19H16N2O3/c1-2-14-8-9-18(23)21(12-14)13-17(22)19-20-11-16(24-19)10-15-6-4-3-5-7-15/h2-9,11-12H,1,10,13H2. The molecular weight excluding hydrogens is 304 g/mol. The molecule has 0 aliphatic rings. The van der Waals surface area contributed by atoms with Crippen LogP contribution in [0.2, 0.25) is 0 Å². The molecule has 0 saturated carbocycles. The van der Waals surface area contributed by atoms with Gasteiger partial charge in [0, 0.05) is 18.7 Å². The van der Waals surface area contributed by atoms with Crippen molar-refractivity contribution in [1.29, 1.82) is 0 Å². The largest absolute Gasteiger partial charge is 0.439 e. The first kappa shape index (κ1) is 15.7. The lowest BCUT2D eigenvalue weighted by Crippen LogP contribution is -2.23. The molecule has 0 amide bonds. The van der Waals surface area contributed by atoms with E-state index in [9.17, 15) is 9.59 Å². The number of hydrogen-bond donors (Lipinski definition) is 0. The molecule has 0 bridgehead atoms. The molecule has 0 aliphatic heterocycles. The fourth-order valence-corrected chi connectivity index (χ4v) is 2.33. The second-order valence-corrected chi connectivity index (χ2v) is 5.35. The summed E-state index contributed by atoms with van der Waals surface area (Å²) in [6.07, 6.45) is 5.31. The number of ketones is 1. The molecule has 0 atom stereocenters. The summed E-state index contributed by atoms with van der Waals surface area (Å²) in [6, 6.07) is 12.8. The number of oxazole rings is 1. The number of Topliss-reactive ketones (excluding diaryl/α,β-unsaturated/α-hetero) is 1. The molecule has 1 aromatic carbocycles. The minimum absolute atomic E-state index is 0.0110. The molecule has 0 N–H and O–H groups in total. The molecule has 24 heavy (non-hydrogen) atoms. The normalized spacial score (nSPS) is 10.5. The van der Waals surface area contributed by atoms with E-state index in [4.69, 9.17) is 4.42 Å².